The van der Waals surface area contributed by atoms with Crippen molar-refractivity contribution in [1.82, 2.24) is 10.4 Å². The van der Waals surface area contributed by atoms with Gasteiger partial charge >= 0.3 is 0 Å². The Balaban J connectivity index is 1.78. The number of fused-ring (bicyclic) bond motifs is 1. The number of rotatable bonds is 3. The number of amides is 1. The lowest BCUT2D eigenvalue weighted by molar-refractivity contribution is -0.375. The summed E-state index contributed by atoms with van der Waals surface area (Å²) in [6.45, 7) is 0. The van der Waals surface area contributed by atoms with Crippen molar-refractivity contribution in [2.75, 3.05) is 0 Å². The number of aromatic nitrogens is 2. The molecule has 0 bridgehead atoms. The van der Waals surface area contributed by atoms with E-state index in [-0.39, 0.29) is 11.7 Å². The third-order valence-electron chi connectivity index (χ3n) is 4.39. The molecule has 4 aromatic rings. The second-order valence-corrected chi connectivity index (χ2v) is 6.06. The van der Waals surface area contributed by atoms with Crippen LogP contribution in [-0.2, 0) is 0 Å². The Morgan fingerprint density at radius 1 is 0.963 bits per heavy atom. The van der Waals surface area contributed by atoms with E-state index in [1.807, 2.05) is 24.3 Å². The highest BCUT2D eigenvalue weighted by Crippen LogP contribution is 2.27. The van der Waals surface area contributed by atoms with Gasteiger partial charge in [0.2, 0.25) is 0 Å². The second kappa shape index (κ2) is 6.93. The average Bonchev–Trinajstić information content (AvgIpc) is 2.73. The predicted molar refractivity (Wildman–Crippen MR) is 101 cm³/mol. The molecule has 2 heterocycles. The molecule has 0 aliphatic rings. The van der Waals surface area contributed by atoms with Crippen molar-refractivity contribution >= 4 is 16.8 Å². The van der Waals surface area contributed by atoms with Crippen LogP contribution in [0.25, 0.3) is 33.3 Å². The maximum atomic E-state index is 13.1. The van der Waals surface area contributed by atoms with E-state index >= 15 is 0 Å². The molecule has 132 valence electrons. The summed E-state index contributed by atoms with van der Waals surface area (Å²) in [5.41, 5.74) is 6.72. The first-order valence-corrected chi connectivity index (χ1v) is 8.34. The van der Waals surface area contributed by atoms with E-state index in [1.54, 1.807) is 36.7 Å². The van der Waals surface area contributed by atoms with E-state index in [9.17, 15) is 9.18 Å². The lowest BCUT2D eigenvalue weighted by Gasteiger charge is -2.08. The highest BCUT2D eigenvalue weighted by atomic mass is 19.1. The Bertz CT molecular complexity index is 1130. The van der Waals surface area contributed by atoms with Crippen molar-refractivity contribution in [3.05, 3.63) is 84.4 Å². The fourth-order valence-corrected chi connectivity index (χ4v) is 3.00. The first-order chi connectivity index (χ1) is 13.2. The van der Waals surface area contributed by atoms with Crippen molar-refractivity contribution < 1.29 is 14.2 Å². The largest absolute Gasteiger partial charge is 0.290 e. The number of halogens is 1. The number of carbonyl (C=O) groups excluding carboxylic acids is 1. The number of hydrazine groups is 1. The van der Waals surface area contributed by atoms with Gasteiger partial charge in [-0.1, -0.05) is 36.4 Å². The Hall–Kier alpha value is -3.64. The molecule has 0 saturated carbocycles. The van der Waals surface area contributed by atoms with Crippen molar-refractivity contribution in [3.8, 4) is 22.4 Å². The number of H-pyrrole nitrogens is 1. The third kappa shape index (κ3) is 3.26. The van der Waals surface area contributed by atoms with Gasteiger partial charge in [0, 0.05) is 11.6 Å². The molecule has 0 unspecified atom stereocenters. The quantitative estimate of drug-likeness (QED) is 0.335. The van der Waals surface area contributed by atoms with Crippen LogP contribution in [0, 0.1) is 5.82 Å². The summed E-state index contributed by atoms with van der Waals surface area (Å²) in [6, 6.07) is 17.6. The van der Waals surface area contributed by atoms with Gasteiger partial charge in [0.15, 0.2) is 12.4 Å². The maximum Gasteiger partial charge on any atom is 0.266 e. The van der Waals surface area contributed by atoms with Crippen LogP contribution in [0.5, 0.6) is 0 Å². The van der Waals surface area contributed by atoms with Gasteiger partial charge in [-0.3, -0.25) is 10.2 Å². The summed E-state index contributed by atoms with van der Waals surface area (Å²) >= 11 is 0. The minimum atomic E-state index is -0.383. The molecule has 27 heavy (non-hydrogen) atoms. The topological polar surface area (TPSA) is 82.1 Å². The van der Waals surface area contributed by atoms with Gasteiger partial charge in [0.1, 0.15) is 5.82 Å². The molecule has 1 amide bonds. The monoisotopic (exact) mass is 359 g/mol. The van der Waals surface area contributed by atoms with Gasteiger partial charge in [0.05, 0.1) is 22.2 Å². The van der Waals surface area contributed by atoms with Crippen LogP contribution in [0.2, 0.25) is 0 Å². The van der Waals surface area contributed by atoms with Crippen LogP contribution < -0.4 is 16.3 Å². The first-order valence-electron chi connectivity index (χ1n) is 8.34. The van der Waals surface area contributed by atoms with E-state index < -0.39 is 0 Å². The van der Waals surface area contributed by atoms with Crippen LogP contribution in [-0.4, -0.2) is 10.9 Å². The van der Waals surface area contributed by atoms with Crippen molar-refractivity contribution in [2.45, 2.75) is 0 Å². The number of nitrogens with zero attached hydrogens (tertiary/aromatic N) is 1. The number of nitrogens with one attached hydrogen (secondary N) is 2. The smallest absolute Gasteiger partial charge is 0.266 e. The number of hydrogen-bond donors (Lipinski definition) is 2. The first kappa shape index (κ1) is 16.8. The standard InChI is InChI=1S/C21H15FN4O/c22-16-7-5-14(6-8-16)13-1-3-15(4-2-13)20-11-17(21(27)26-23)18-12-24-10-9-19(18)25-20/h1-12H,23H2,(H,26,27)/p+1. The van der Waals surface area contributed by atoms with Crippen LogP contribution in [0.15, 0.2) is 73.1 Å². The van der Waals surface area contributed by atoms with Crippen molar-refractivity contribution in [3.63, 3.8) is 0 Å². The zero-order valence-corrected chi connectivity index (χ0v) is 14.2. The van der Waals surface area contributed by atoms with Crippen LogP contribution in [0.1, 0.15) is 10.4 Å². The van der Waals surface area contributed by atoms with Gasteiger partial charge in [-0.05, 0) is 29.3 Å². The Morgan fingerprint density at radius 2 is 1.59 bits per heavy atom. The van der Waals surface area contributed by atoms with E-state index in [2.05, 4.69) is 15.4 Å². The number of hydrogen-bond acceptors (Lipinski definition) is 3. The van der Waals surface area contributed by atoms with Gasteiger partial charge in [-0.25, -0.2) is 20.2 Å². The van der Waals surface area contributed by atoms with Gasteiger partial charge in [-0.2, -0.15) is 0 Å². The Kier molecular flexibility index (Phi) is 4.32. The number of nitrogen functional groups attached to an aromatic ring is 1. The highest BCUT2D eigenvalue weighted by Gasteiger charge is 2.15. The molecular weight excluding hydrogens is 343 g/mol. The molecule has 2 aromatic carbocycles. The lowest BCUT2D eigenvalue weighted by atomic mass is 10.0. The van der Waals surface area contributed by atoms with Crippen LogP contribution in [0.3, 0.4) is 0 Å². The predicted octanol–water partition coefficient (Wildman–Crippen LogP) is 3.13. The number of pyridine rings is 2. The molecule has 0 fully saturated rings. The van der Waals surface area contributed by atoms with Crippen LogP contribution in [0.4, 0.5) is 4.39 Å². The molecule has 4 N–H and O–H groups in total. The molecule has 0 radical (unpaired) electrons. The second-order valence-electron chi connectivity index (χ2n) is 6.06. The number of aromatic amines is 1. The van der Waals surface area contributed by atoms with Gasteiger partial charge < -0.3 is 0 Å². The van der Waals surface area contributed by atoms with E-state index in [4.69, 9.17) is 5.84 Å². The summed E-state index contributed by atoms with van der Waals surface area (Å²) in [7, 11) is 0. The summed E-state index contributed by atoms with van der Waals surface area (Å²) in [4.78, 5) is 19.8. The minimum absolute atomic E-state index is 0.265. The molecule has 5 nitrogen and oxygen atoms in total. The maximum absolute atomic E-state index is 13.1. The zero-order chi connectivity index (χ0) is 18.8. The fourth-order valence-electron chi connectivity index (χ4n) is 3.00. The Morgan fingerprint density at radius 3 is 2.26 bits per heavy atom. The van der Waals surface area contributed by atoms with E-state index in [1.165, 1.54) is 12.1 Å². The SMILES string of the molecule is NNC(=O)c1cc(-c2ccc(-c3ccc(F)cc3)cc2)nc2cc[nH+]cc12. The number of nitrogens with two attached hydrogens (primary N) is 1. The molecule has 0 spiro atoms. The summed E-state index contributed by atoms with van der Waals surface area (Å²) < 4.78 is 13.1. The molecule has 0 atom stereocenters. The minimum Gasteiger partial charge on any atom is -0.290 e. The molecule has 2 aromatic heterocycles. The summed E-state index contributed by atoms with van der Waals surface area (Å²) in [5, 5.41) is 0.687. The normalized spacial score (nSPS) is 10.7. The zero-order valence-electron chi connectivity index (χ0n) is 14.2. The molecular formula is C21H16FN4O+. The number of benzene rings is 2. The summed E-state index contributed by atoms with van der Waals surface area (Å²) in [5.74, 6) is 4.67. The molecule has 0 saturated heterocycles. The average molecular weight is 359 g/mol. The lowest BCUT2D eigenvalue weighted by Crippen LogP contribution is -2.30. The number of carbonyl (C=O) groups is 1. The molecule has 0 aliphatic carbocycles. The van der Waals surface area contributed by atoms with Crippen molar-refractivity contribution in [2.24, 2.45) is 5.84 Å². The molecule has 0 aliphatic heterocycles. The Labute approximate surface area is 154 Å². The van der Waals surface area contributed by atoms with Crippen LogP contribution >= 0.6 is 0 Å². The van der Waals surface area contributed by atoms with Gasteiger partial charge in [-0.15, -0.1) is 0 Å². The van der Waals surface area contributed by atoms with Gasteiger partial charge in [0.25, 0.3) is 5.91 Å². The highest BCUT2D eigenvalue weighted by molar-refractivity contribution is 6.06. The van der Waals surface area contributed by atoms with Crippen molar-refractivity contribution in [1.29, 1.82) is 0 Å². The van der Waals surface area contributed by atoms with E-state index in [0.29, 0.717) is 22.2 Å². The summed E-state index contributed by atoms with van der Waals surface area (Å²) in [6.07, 6.45) is 3.47. The molecule has 4 rings (SSSR count). The third-order valence-corrected chi connectivity index (χ3v) is 4.39. The molecule has 6 heteroatoms. The van der Waals surface area contributed by atoms with E-state index in [0.717, 1.165) is 16.7 Å². The fraction of sp³-hybridized carbons (Fsp3) is 0.